The fourth-order valence-electron chi connectivity index (χ4n) is 1.11. The van der Waals surface area contributed by atoms with E-state index in [0.29, 0.717) is 0 Å². The summed E-state index contributed by atoms with van der Waals surface area (Å²) in [6.45, 7) is 1.08. The van der Waals surface area contributed by atoms with E-state index in [-0.39, 0.29) is 46.1 Å². The summed E-state index contributed by atoms with van der Waals surface area (Å²) < 4.78 is 0. The summed E-state index contributed by atoms with van der Waals surface area (Å²) >= 11 is 1.79. The molecule has 0 radical (unpaired) electrons. The van der Waals surface area contributed by atoms with Crippen LogP contribution in [0.1, 0.15) is 9.78 Å². The molecule has 2 aromatic rings. The van der Waals surface area contributed by atoms with E-state index in [1.165, 1.54) is 9.79 Å². The molecule has 19 heavy (non-hydrogen) atoms. The fourth-order valence-corrected chi connectivity index (χ4v) is 1.97. The van der Waals surface area contributed by atoms with Gasteiger partial charge in [0.2, 0.25) is 0 Å². The number of rotatable bonds is 2. The van der Waals surface area contributed by atoms with E-state index >= 15 is 0 Å². The van der Waals surface area contributed by atoms with Gasteiger partial charge < -0.3 is 13.4 Å². The second kappa shape index (κ2) is 12.5. The van der Waals surface area contributed by atoms with Gasteiger partial charge in [-0.05, 0) is 24.3 Å². The van der Waals surface area contributed by atoms with Crippen LogP contribution in [0.5, 0.6) is 0 Å². The Morgan fingerprint density at radius 3 is 1.47 bits per heavy atom. The summed E-state index contributed by atoms with van der Waals surface area (Å²) in [5.74, 6) is -0.833. The van der Waals surface area contributed by atoms with Crippen molar-refractivity contribution in [2.24, 2.45) is 0 Å². The molecule has 0 aromatic heterocycles. The minimum Gasteiger partial charge on any atom is -1.00 e. The van der Waals surface area contributed by atoms with Crippen LogP contribution in [0.25, 0.3) is 0 Å². The van der Waals surface area contributed by atoms with Crippen LogP contribution in [0.3, 0.4) is 0 Å². The molecule has 3 nitrogen and oxygen atoms in total. The van der Waals surface area contributed by atoms with Crippen LogP contribution < -0.4 is 0 Å². The standard InChI is InChI=1S/C12H10S.C2H4O2.Ca.H2O.2H/c1-3-7-11(8-4-1)13-12-9-5-2-6-10-12;1-2(3)4;;;;/h1-10H;1H3,(H,3,4);;1H2;;/q;;+2;;2*-1. The number of hydrogen-bond acceptors (Lipinski definition) is 2. The monoisotopic (exact) mass is 306 g/mol. The normalized spacial score (nSPS) is 8.05. The molecule has 0 unspecified atom stereocenters. The largest absolute Gasteiger partial charge is 2.00 e. The zero-order chi connectivity index (χ0) is 12.5. The maximum absolute atomic E-state index is 9.00. The molecule has 0 aliphatic carbocycles. The van der Waals surface area contributed by atoms with Gasteiger partial charge >= 0.3 is 37.7 Å². The molecule has 0 saturated heterocycles. The summed E-state index contributed by atoms with van der Waals surface area (Å²) in [5, 5.41) is 7.42. The Balaban J connectivity index is -0.000000164. The van der Waals surface area contributed by atoms with E-state index in [1.807, 2.05) is 12.1 Å². The predicted octanol–water partition coefficient (Wildman–Crippen LogP) is 2.95. The van der Waals surface area contributed by atoms with Crippen LogP contribution in [-0.2, 0) is 4.79 Å². The summed E-state index contributed by atoms with van der Waals surface area (Å²) in [7, 11) is 0. The average Bonchev–Trinajstić information content (AvgIpc) is 2.31. The van der Waals surface area contributed by atoms with Crippen molar-refractivity contribution in [3.05, 3.63) is 60.7 Å². The molecule has 5 heteroatoms. The number of hydrogen-bond donors (Lipinski definition) is 1. The first-order chi connectivity index (χ1) is 8.18. The van der Waals surface area contributed by atoms with Gasteiger partial charge in [-0.2, -0.15) is 0 Å². The van der Waals surface area contributed by atoms with Gasteiger partial charge in [-0.15, -0.1) is 0 Å². The smallest absolute Gasteiger partial charge is 1.00 e. The number of carboxylic acids is 1. The van der Waals surface area contributed by atoms with Gasteiger partial charge in [0, 0.05) is 16.7 Å². The third-order valence-corrected chi connectivity index (χ3v) is 2.74. The molecule has 100 valence electrons. The van der Waals surface area contributed by atoms with E-state index in [0.717, 1.165) is 6.92 Å². The van der Waals surface area contributed by atoms with Gasteiger partial charge in [0.25, 0.3) is 5.97 Å². The Morgan fingerprint density at radius 1 is 0.947 bits per heavy atom. The van der Waals surface area contributed by atoms with Crippen molar-refractivity contribution >= 4 is 55.5 Å². The Labute approximate surface area is 150 Å². The van der Waals surface area contributed by atoms with Gasteiger partial charge in [-0.1, -0.05) is 48.2 Å². The van der Waals surface area contributed by atoms with Crippen LogP contribution in [0, 0.1) is 0 Å². The zero-order valence-electron chi connectivity index (χ0n) is 12.7. The zero-order valence-corrected chi connectivity index (χ0v) is 13.8. The van der Waals surface area contributed by atoms with Crippen molar-refractivity contribution in [3.8, 4) is 0 Å². The molecule has 0 heterocycles. The topological polar surface area (TPSA) is 68.8 Å². The Kier molecular flexibility index (Phi) is 13.7. The van der Waals surface area contributed by atoms with E-state index in [4.69, 9.17) is 9.90 Å². The molecule has 0 saturated carbocycles. The van der Waals surface area contributed by atoms with E-state index in [9.17, 15) is 0 Å². The van der Waals surface area contributed by atoms with Gasteiger partial charge in [0.1, 0.15) is 0 Å². The minimum atomic E-state index is -0.833. The van der Waals surface area contributed by atoms with E-state index in [2.05, 4.69) is 48.5 Å². The number of carboxylic acid groups (broad SMARTS) is 1. The van der Waals surface area contributed by atoms with Crippen molar-refractivity contribution in [1.29, 1.82) is 0 Å². The number of carbonyl (C=O) groups is 1. The summed E-state index contributed by atoms with van der Waals surface area (Å²) in [6.07, 6.45) is 0. The third-order valence-electron chi connectivity index (χ3n) is 1.72. The quantitative estimate of drug-likeness (QED) is 0.867. The molecule has 0 amide bonds. The predicted molar refractivity (Wildman–Crippen MR) is 81.9 cm³/mol. The summed E-state index contributed by atoms with van der Waals surface area (Å²) in [6, 6.07) is 20.8. The van der Waals surface area contributed by atoms with Crippen molar-refractivity contribution in [2.75, 3.05) is 0 Å². The van der Waals surface area contributed by atoms with Crippen LogP contribution in [0.4, 0.5) is 0 Å². The Hall–Kier alpha value is -0.520. The molecule has 0 atom stereocenters. The molecule has 2 aromatic carbocycles. The van der Waals surface area contributed by atoms with Crippen LogP contribution in [0.2, 0.25) is 0 Å². The van der Waals surface area contributed by atoms with Crippen LogP contribution >= 0.6 is 11.8 Å². The Bertz CT molecular complexity index is 417. The molecule has 2 rings (SSSR count). The number of aliphatic carboxylic acids is 1. The maximum Gasteiger partial charge on any atom is 2.00 e. The third kappa shape index (κ3) is 11.0. The number of benzene rings is 2. The maximum atomic E-state index is 9.00. The van der Waals surface area contributed by atoms with E-state index < -0.39 is 5.97 Å². The second-order valence-corrected chi connectivity index (χ2v) is 4.39. The SMILES string of the molecule is CC(=O)O.O.[Ca+2].[H-].[H-].c1ccc(Sc2ccccc2)cc1. The first kappa shape index (κ1) is 20.8. The molecule has 0 aliphatic rings. The van der Waals surface area contributed by atoms with Crippen molar-refractivity contribution < 1.29 is 18.2 Å². The molecule has 3 N–H and O–H groups in total. The first-order valence-electron chi connectivity index (χ1n) is 5.16. The van der Waals surface area contributed by atoms with Gasteiger partial charge in [-0.3, -0.25) is 4.79 Å². The average molecular weight is 306 g/mol. The molecular weight excluding hydrogens is 288 g/mol. The second-order valence-electron chi connectivity index (χ2n) is 3.25. The Morgan fingerprint density at radius 2 is 1.21 bits per heavy atom. The fraction of sp³-hybridized carbons (Fsp3) is 0.0714. The molecule has 0 aliphatic heterocycles. The van der Waals surface area contributed by atoms with Crippen molar-refractivity contribution in [1.82, 2.24) is 0 Å². The van der Waals surface area contributed by atoms with Gasteiger partial charge in [0.05, 0.1) is 0 Å². The van der Waals surface area contributed by atoms with Crippen molar-refractivity contribution in [3.63, 3.8) is 0 Å². The van der Waals surface area contributed by atoms with Crippen LogP contribution in [0.15, 0.2) is 70.5 Å². The first-order valence-corrected chi connectivity index (χ1v) is 5.97. The van der Waals surface area contributed by atoms with Crippen molar-refractivity contribution in [2.45, 2.75) is 16.7 Å². The van der Waals surface area contributed by atoms with Crippen LogP contribution in [-0.4, -0.2) is 54.3 Å². The summed E-state index contributed by atoms with van der Waals surface area (Å²) in [4.78, 5) is 11.6. The molecule has 0 spiro atoms. The molecular formula is C14H18CaO3S. The van der Waals surface area contributed by atoms with Gasteiger partial charge in [-0.25, -0.2) is 0 Å². The minimum absolute atomic E-state index is 0. The molecule has 0 bridgehead atoms. The van der Waals surface area contributed by atoms with Gasteiger partial charge in [0.15, 0.2) is 0 Å². The van der Waals surface area contributed by atoms with E-state index in [1.54, 1.807) is 11.8 Å². The molecule has 0 fully saturated rings. The summed E-state index contributed by atoms with van der Waals surface area (Å²) in [5.41, 5.74) is 0.